The lowest BCUT2D eigenvalue weighted by atomic mass is 9.94. The first-order chi connectivity index (χ1) is 8.74. The van der Waals surface area contributed by atoms with Crippen molar-refractivity contribution in [2.24, 2.45) is 4.99 Å². The Hall–Kier alpha value is -0.930. The number of para-hydroxylation sites is 1. The van der Waals surface area contributed by atoms with Gasteiger partial charge in [-0.05, 0) is 31.4 Å². The molecule has 1 fully saturated rings. The number of nitrogens with one attached hydrogen (secondary N) is 1. The molecule has 1 aliphatic heterocycles. The smallest absolute Gasteiger partial charge is 0.290 e. The van der Waals surface area contributed by atoms with Crippen LogP contribution in [-0.2, 0) is 4.74 Å². The van der Waals surface area contributed by atoms with Crippen LogP contribution >= 0.6 is 23.2 Å². The Morgan fingerprint density at radius 3 is 2.61 bits per heavy atom. The summed E-state index contributed by atoms with van der Waals surface area (Å²) >= 11 is 12.2. The average Bonchev–Trinajstić information content (AvgIpc) is 2.76. The minimum Gasteiger partial charge on any atom is -0.459 e. The number of hydrogen-bond acceptors (Lipinski definition) is 3. The van der Waals surface area contributed by atoms with Crippen LogP contribution < -0.4 is 5.32 Å². The van der Waals surface area contributed by atoms with Crippen LogP contribution in [-0.4, -0.2) is 18.2 Å². The van der Waals surface area contributed by atoms with Crippen molar-refractivity contribution in [3.8, 4) is 0 Å². The van der Waals surface area contributed by atoms with Crippen LogP contribution in [0.3, 0.4) is 0 Å². The van der Waals surface area contributed by atoms with Gasteiger partial charge in [-0.25, -0.2) is 4.99 Å². The largest absolute Gasteiger partial charge is 0.459 e. The van der Waals surface area contributed by atoms with Crippen LogP contribution in [0.1, 0.15) is 25.7 Å². The van der Waals surface area contributed by atoms with E-state index in [1.165, 1.54) is 12.8 Å². The number of aliphatic imine (C=N–C) groups is 1. The molecule has 0 radical (unpaired) electrons. The molecule has 0 saturated heterocycles. The fourth-order valence-corrected chi connectivity index (χ4v) is 2.96. The van der Waals surface area contributed by atoms with E-state index in [1.54, 1.807) is 12.1 Å². The van der Waals surface area contributed by atoms with E-state index in [-0.39, 0.29) is 6.10 Å². The fourth-order valence-electron chi connectivity index (χ4n) is 2.47. The Bertz CT molecular complexity index is 470. The Balaban J connectivity index is 1.77. The minimum atomic E-state index is 0.225. The predicted octanol–water partition coefficient (Wildman–Crippen LogP) is 4.10. The van der Waals surface area contributed by atoms with E-state index >= 15 is 0 Å². The van der Waals surface area contributed by atoms with Crippen LogP contribution in [0, 0.1) is 0 Å². The zero-order valence-electron chi connectivity index (χ0n) is 9.83. The molecule has 3 nitrogen and oxygen atoms in total. The van der Waals surface area contributed by atoms with E-state index in [9.17, 15) is 0 Å². The monoisotopic (exact) mass is 284 g/mol. The van der Waals surface area contributed by atoms with Crippen molar-refractivity contribution in [2.45, 2.75) is 37.8 Å². The molecule has 0 unspecified atom stereocenters. The van der Waals surface area contributed by atoms with E-state index < -0.39 is 0 Å². The maximum atomic E-state index is 6.10. The van der Waals surface area contributed by atoms with E-state index in [1.807, 2.05) is 6.07 Å². The third-order valence-electron chi connectivity index (χ3n) is 3.41. The normalized spacial score (nSPS) is 26.2. The lowest BCUT2D eigenvalue weighted by Crippen LogP contribution is -2.26. The van der Waals surface area contributed by atoms with Gasteiger partial charge in [0.2, 0.25) is 0 Å². The first kappa shape index (κ1) is 12.1. The molecule has 1 aromatic rings. The summed E-state index contributed by atoms with van der Waals surface area (Å²) in [5.41, 5.74) is 0.665. The highest BCUT2D eigenvalue weighted by Crippen LogP contribution is 2.33. The molecular weight excluding hydrogens is 271 g/mol. The lowest BCUT2D eigenvalue weighted by Gasteiger charge is -2.21. The molecule has 2 atom stereocenters. The second kappa shape index (κ2) is 4.98. The average molecular weight is 285 g/mol. The van der Waals surface area contributed by atoms with Crippen LogP contribution in [0.2, 0.25) is 10.0 Å². The topological polar surface area (TPSA) is 33.6 Å². The van der Waals surface area contributed by atoms with Crippen LogP contribution in [0.5, 0.6) is 0 Å². The molecule has 1 N–H and O–H groups in total. The van der Waals surface area contributed by atoms with Gasteiger partial charge >= 0.3 is 0 Å². The summed E-state index contributed by atoms with van der Waals surface area (Å²) in [6.07, 6.45) is 4.86. The number of ether oxygens (including phenoxy) is 1. The van der Waals surface area contributed by atoms with Gasteiger partial charge in [-0.3, -0.25) is 0 Å². The number of amidine groups is 1. The van der Waals surface area contributed by atoms with Gasteiger partial charge in [0, 0.05) is 0 Å². The maximum absolute atomic E-state index is 6.10. The van der Waals surface area contributed by atoms with Gasteiger partial charge in [0.15, 0.2) is 0 Å². The van der Waals surface area contributed by atoms with E-state index in [4.69, 9.17) is 27.9 Å². The van der Waals surface area contributed by atoms with Crippen LogP contribution in [0.25, 0.3) is 0 Å². The number of halogens is 2. The van der Waals surface area contributed by atoms with E-state index in [2.05, 4.69) is 10.3 Å². The Morgan fingerprint density at radius 2 is 1.89 bits per heavy atom. The van der Waals surface area contributed by atoms with Crippen molar-refractivity contribution < 1.29 is 4.74 Å². The molecule has 18 heavy (non-hydrogen) atoms. The molecule has 1 aromatic carbocycles. The van der Waals surface area contributed by atoms with Gasteiger partial charge in [0.25, 0.3) is 6.02 Å². The molecule has 1 heterocycles. The number of rotatable bonds is 1. The second-order valence-corrected chi connectivity index (χ2v) is 5.48. The van der Waals surface area contributed by atoms with Gasteiger partial charge in [0.1, 0.15) is 6.10 Å². The quantitative estimate of drug-likeness (QED) is 0.842. The third kappa shape index (κ3) is 2.29. The molecular formula is C13H14Cl2N2O. The summed E-state index contributed by atoms with van der Waals surface area (Å²) in [5, 5.41) is 4.24. The SMILES string of the molecule is Clc1cccc(Cl)c1NC1=N[C@@H]2CCCC[C@@H]2O1. The summed E-state index contributed by atoms with van der Waals surface area (Å²) in [5.74, 6) is 0. The molecule has 0 spiro atoms. The zero-order valence-corrected chi connectivity index (χ0v) is 11.3. The number of anilines is 1. The highest BCUT2D eigenvalue weighted by atomic mass is 35.5. The minimum absolute atomic E-state index is 0.225. The Kier molecular flexibility index (Phi) is 3.35. The summed E-state index contributed by atoms with van der Waals surface area (Å²) in [6.45, 7) is 0. The summed E-state index contributed by atoms with van der Waals surface area (Å²) in [7, 11) is 0. The zero-order chi connectivity index (χ0) is 12.5. The van der Waals surface area contributed by atoms with Crippen LogP contribution in [0.15, 0.2) is 23.2 Å². The number of benzene rings is 1. The summed E-state index contributed by atoms with van der Waals surface area (Å²) < 4.78 is 5.80. The maximum Gasteiger partial charge on any atom is 0.290 e. The molecule has 1 saturated carbocycles. The molecule has 0 bridgehead atoms. The highest BCUT2D eigenvalue weighted by Gasteiger charge is 2.33. The van der Waals surface area contributed by atoms with Gasteiger partial charge in [-0.2, -0.15) is 0 Å². The molecule has 96 valence electrons. The van der Waals surface area contributed by atoms with Crippen molar-refractivity contribution in [3.05, 3.63) is 28.2 Å². The number of fused-ring (bicyclic) bond motifs is 1. The second-order valence-electron chi connectivity index (χ2n) is 4.66. The van der Waals surface area contributed by atoms with Crippen molar-refractivity contribution in [1.82, 2.24) is 0 Å². The number of hydrogen-bond donors (Lipinski definition) is 1. The molecule has 3 rings (SSSR count). The molecule has 1 aliphatic carbocycles. The van der Waals surface area contributed by atoms with Crippen molar-refractivity contribution in [3.63, 3.8) is 0 Å². The first-order valence-corrected chi connectivity index (χ1v) is 6.95. The molecule has 0 aromatic heterocycles. The highest BCUT2D eigenvalue weighted by molar-refractivity contribution is 6.39. The standard InChI is InChI=1S/C13H14Cl2N2O/c14-8-4-3-5-9(15)12(8)17-13-16-10-6-1-2-7-11(10)18-13/h3-5,10-11H,1-2,6-7H2,(H,16,17)/t10-,11+/m1/s1. The Morgan fingerprint density at radius 1 is 1.17 bits per heavy atom. The first-order valence-electron chi connectivity index (χ1n) is 6.19. The van der Waals surface area contributed by atoms with E-state index in [0.717, 1.165) is 12.8 Å². The van der Waals surface area contributed by atoms with Crippen molar-refractivity contribution in [1.29, 1.82) is 0 Å². The predicted molar refractivity (Wildman–Crippen MR) is 74.6 cm³/mol. The lowest BCUT2D eigenvalue weighted by molar-refractivity contribution is 0.152. The fraction of sp³-hybridized carbons (Fsp3) is 0.462. The van der Waals surface area contributed by atoms with Crippen molar-refractivity contribution >= 4 is 34.9 Å². The van der Waals surface area contributed by atoms with Crippen LogP contribution in [0.4, 0.5) is 5.69 Å². The van der Waals surface area contributed by atoms with E-state index in [0.29, 0.717) is 27.8 Å². The van der Waals surface area contributed by atoms with Gasteiger partial charge in [-0.15, -0.1) is 0 Å². The third-order valence-corrected chi connectivity index (χ3v) is 4.04. The molecule has 2 aliphatic rings. The number of nitrogens with zero attached hydrogens (tertiary/aromatic N) is 1. The summed E-state index contributed by atoms with van der Waals surface area (Å²) in [6, 6.07) is 6.23. The molecule has 5 heteroatoms. The van der Waals surface area contributed by atoms with Gasteiger partial charge in [-0.1, -0.05) is 35.7 Å². The van der Waals surface area contributed by atoms with Gasteiger partial charge < -0.3 is 10.1 Å². The van der Waals surface area contributed by atoms with Gasteiger partial charge in [0.05, 0.1) is 21.8 Å². The Labute approximate surface area is 116 Å². The van der Waals surface area contributed by atoms with Crippen molar-refractivity contribution in [2.75, 3.05) is 5.32 Å². The summed E-state index contributed by atoms with van der Waals surface area (Å²) in [4.78, 5) is 4.55. The molecule has 0 amide bonds.